The molecule has 0 radical (unpaired) electrons. The van der Waals surface area contributed by atoms with Crippen LogP contribution >= 0.6 is 0 Å². The lowest BCUT2D eigenvalue weighted by Gasteiger charge is -2.35. The summed E-state index contributed by atoms with van der Waals surface area (Å²) in [5.41, 5.74) is 4.43. The van der Waals surface area contributed by atoms with Crippen LogP contribution in [0, 0.1) is 13.8 Å². The predicted octanol–water partition coefficient (Wildman–Crippen LogP) is 3.04. The van der Waals surface area contributed by atoms with E-state index in [2.05, 4.69) is 31.5 Å². The first-order valence-electron chi connectivity index (χ1n) is 7.89. The van der Waals surface area contributed by atoms with Crippen molar-refractivity contribution in [2.24, 2.45) is 7.05 Å². The molecule has 2 aromatic rings. The van der Waals surface area contributed by atoms with Crippen molar-refractivity contribution in [3.63, 3.8) is 0 Å². The fourth-order valence-corrected chi connectivity index (χ4v) is 3.42. The number of benzene rings is 1. The van der Waals surface area contributed by atoms with E-state index in [9.17, 15) is 4.79 Å². The molecule has 0 N–H and O–H groups in total. The Morgan fingerprint density at radius 1 is 1.18 bits per heavy atom. The Labute approximate surface area is 131 Å². The lowest BCUT2D eigenvalue weighted by atomic mass is 10.1. The van der Waals surface area contributed by atoms with Crippen LogP contribution in [0.25, 0.3) is 10.9 Å². The number of hydrogen-bond donors (Lipinski definition) is 0. The third-order valence-electron chi connectivity index (χ3n) is 4.76. The van der Waals surface area contributed by atoms with Gasteiger partial charge in [0.15, 0.2) is 0 Å². The SMILES string of the molecule is Cc1c(C)n(C)c2ccc(C(=O)N3CC(C)OC(C)C3)cc12. The Bertz CT molecular complexity index is 722. The smallest absolute Gasteiger partial charge is 0.254 e. The minimum absolute atomic E-state index is 0.0946. The van der Waals surface area contributed by atoms with Crippen LogP contribution in [0.15, 0.2) is 18.2 Å². The summed E-state index contributed by atoms with van der Waals surface area (Å²) in [4.78, 5) is 14.7. The summed E-state index contributed by atoms with van der Waals surface area (Å²) in [7, 11) is 2.07. The van der Waals surface area contributed by atoms with Crippen molar-refractivity contribution in [3.8, 4) is 0 Å². The number of aryl methyl sites for hydroxylation is 2. The molecule has 1 aliphatic heterocycles. The van der Waals surface area contributed by atoms with Crippen LogP contribution in [0.5, 0.6) is 0 Å². The molecule has 0 spiro atoms. The number of aromatic nitrogens is 1. The van der Waals surface area contributed by atoms with Crippen molar-refractivity contribution >= 4 is 16.8 Å². The summed E-state index contributed by atoms with van der Waals surface area (Å²) < 4.78 is 7.89. The Balaban J connectivity index is 1.96. The van der Waals surface area contributed by atoms with Crippen LogP contribution in [-0.4, -0.2) is 40.7 Å². The largest absolute Gasteiger partial charge is 0.372 e. The zero-order valence-corrected chi connectivity index (χ0v) is 14.0. The zero-order chi connectivity index (χ0) is 16.0. The Hall–Kier alpha value is -1.81. The highest BCUT2D eigenvalue weighted by Crippen LogP contribution is 2.26. The van der Waals surface area contributed by atoms with E-state index in [1.54, 1.807) is 0 Å². The number of rotatable bonds is 1. The fraction of sp³-hybridized carbons (Fsp3) is 0.500. The van der Waals surface area contributed by atoms with Gasteiger partial charge in [-0.05, 0) is 51.5 Å². The second kappa shape index (κ2) is 5.43. The van der Waals surface area contributed by atoms with Crippen molar-refractivity contribution in [1.82, 2.24) is 9.47 Å². The van der Waals surface area contributed by atoms with Gasteiger partial charge in [0, 0.05) is 42.3 Å². The van der Waals surface area contributed by atoms with E-state index in [0.717, 1.165) is 5.56 Å². The van der Waals surface area contributed by atoms with Crippen LogP contribution in [0.4, 0.5) is 0 Å². The highest BCUT2D eigenvalue weighted by Gasteiger charge is 2.26. The van der Waals surface area contributed by atoms with Crippen LogP contribution in [0.1, 0.15) is 35.5 Å². The van der Waals surface area contributed by atoms with E-state index in [0.29, 0.717) is 13.1 Å². The molecule has 1 aliphatic rings. The van der Waals surface area contributed by atoms with Crippen molar-refractivity contribution in [1.29, 1.82) is 0 Å². The van der Waals surface area contributed by atoms with Crippen LogP contribution in [0.3, 0.4) is 0 Å². The van der Waals surface area contributed by atoms with Crippen LogP contribution in [-0.2, 0) is 11.8 Å². The first kappa shape index (κ1) is 15.1. The molecule has 1 amide bonds. The molecule has 4 heteroatoms. The van der Waals surface area contributed by atoms with E-state index in [1.165, 1.54) is 22.2 Å². The van der Waals surface area contributed by atoms with Gasteiger partial charge < -0.3 is 14.2 Å². The molecule has 0 bridgehead atoms. The van der Waals surface area contributed by atoms with Gasteiger partial charge in [-0.2, -0.15) is 0 Å². The van der Waals surface area contributed by atoms with Crippen LogP contribution < -0.4 is 0 Å². The number of ether oxygens (including phenoxy) is 1. The van der Waals surface area contributed by atoms with Gasteiger partial charge in [0.05, 0.1) is 12.2 Å². The molecule has 2 heterocycles. The third-order valence-corrected chi connectivity index (χ3v) is 4.76. The Kier molecular flexibility index (Phi) is 3.73. The number of carbonyl (C=O) groups excluding carboxylic acids is 1. The molecule has 4 nitrogen and oxygen atoms in total. The van der Waals surface area contributed by atoms with Gasteiger partial charge in [-0.1, -0.05) is 0 Å². The summed E-state index contributed by atoms with van der Waals surface area (Å²) in [6.45, 7) is 9.59. The zero-order valence-electron chi connectivity index (χ0n) is 14.0. The summed E-state index contributed by atoms with van der Waals surface area (Å²) >= 11 is 0. The summed E-state index contributed by atoms with van der Waals surface area (Å²) in [6.07, 6.45) is 0.189. The normalized spacial score (nSPS) is 22.3. The predicted molar refractivity (Wildman–Crippen MR) is 88.3 cm³/mol. The fourth-order valence-electron chi connectivity index (χ4n) is 3.42. The molecule has 1 saturated heterocycles. The quantitative estimate of drug-likeness (QED) is 0.811. The van der Waals surface area contributed by atoms with E-state index in [1.807, 2.05) is 30.9 Å². The van der Waals surface area contributed by atoms with E-state index in [-0.39, 0.29) is 18.1 Å². The molecule has 0 aliphatic carbocycles. The van der Waals surface area contributed by atoms with E-state index in [4.69, 9.17) is 4.74 Å². The Morgan fingerprint density at radius 3 is 2.45 bits per heavy atom. The summed E-state index contributed by atoms with van der Waals surface area (Å²) in [6, 6.07) is 6.02. The topological polar surface area (TPSA) is 34.5 Å². The minimum atomic E-state index is 0.0946. The first-order chi connectivity index (χ1) is 10.4. The molecule has 2 atom stereocenters. The van der Waals surface area contributed by atoms with E-state index >= 15 is 0 Å². The number of carbonyl (C=O) groups is 1. The second-order valence-corrected chi connectivity index (χ2v) is 6.47. The number of nitrogens with zero attached hydrogens (tertiary/aromatic N) is 2. The summed E-state index contributed by atoms with van der Waals surface area (Å²) in [5.74, 6) is 0.102. The van der Waals surface area contributed by atoms with Crippen molar-refractivity contribution in [3.05, 3.63) is 35.0 Å². The Morgan fingerprint density at radius 2 is 1.82 bits per heavy atom. The molecule has 118 valence electrons. The number of fused-ring (bicyclic) bond motifs is 1. The van der Waals surface area contributed by atoms with Gasteiger partial charge in [0.2, 0.25) is 0 Å². The number of hydrogen-bond acceptors (Lipinski definition) is 2. The van der Waals surface area contributed by atoms with Crippen molar-refractivity contribution in [2.45, 2.75) is 39.9 Å². The highest BCUT2D eigenvalue weighted by atomic mass is 16.5. The molecule has 1 aromatic carbocycles. The number of amides is 1. The highest BCUT2D eigenvalue weighted by molar-refractivity contribution is 5.99. The maximum Gasteiger partial charge on any atom is 0.254 e. The average molecular weight is 300 g/mol. The monoisotopic (exact) mass is 300 g/mol. The van der Waals surface area contributed by atoms with Crippen LogP contribution in [0.2, 0.25) is 0 Å². The molecule has 1 aromatic heterocycles. The second-order valence-electron chi connectivity index (χ2n) is 6.47. The first-order valence-corrected chi connectivity index (χ1v) is 7.89. The third kappa shape index (κ3) is 2.41. The molecule has 1 fully saturated rings. The maximum absolute atomic E-state index is 12.8. The van der Waals surface area contributed by atoms with Gasteiger partial charge in [0.1, 0.15) is 0 Å². The minimum Gasteiger partial charge on any atom is -0.372 e. The molecule has 2 unspecified atom stereocenters. The standard InChI is InChI=1S/C18H24N2O2/c1-11-9-20(10-12(2)22-11)18(21)15-6-7-17-16(8-15)13(3)14(4)19(17)5/h6-8,11-12H,9-10H2,1-5H3. The van der Waals surface area contributed by atoms with Gasteiger partial charge in [0.25, 0.3) is 5.91 Å². The molecule has 22 heavy (non-hydrogen) atoms. The molecule has 0 saturated carbocycles. The number of morpholine rings is 1. The van der Waals surface area contributed by atoms with Gasteiger partial charge in [-0.3, -0.25) is 4.79 Å². The summed E-state index contributed by atoms with van der Waals surface area (Å²) in [5, 5.41) is 1.17. The van der Waals surface area contributed by atoms with Crippen molar-refractivity contribution < 1.29 is 9.53 Å². The van der Waals surface area contributed by atoms with E-state index < -0.39 is 0 Å². The molecular formula is C18H24N2O2. The maximum atomic E-state index is 12.8. The molecule has 3 rings (SSSR count). The van der Waals surface area contributed by atoms with Crippen molar-refractivity contribution in [2.75, 3.05) is 13.1 Å². The lowest BCUT2D eigenvalue weighted by molar-refractivity contribution is -0.0586. The lowest BCUT2D eigenvalue weighted by Crippen LogP contribution is -2.48. The van der Waals surface area contributed by atoms with Gasteiger partial charge >= 0.3 is 0 Å². The average Bonchev–Trinajstić information content (AvgIpc) is 2.70. The molecular weight excluding hydrogens is 276 g/mol. The van der Waals surface area contributed by atoms with Gasteiger partial charge in [-0.25, -0.2) is 0 Å². The van der Waals surface area contributed by atoms with Gasteiger partial charge in [-0.15, -0.1) is 0 Å².